The third kappa shape index (κ3) is 4.24. The zero-order valence-corrected chi connectivity index (χ0v) is 17.9. The predicted molar refractivity (Wildman–Crippen MR) is 115 cm³/mol. The number of quaternary nitrogens is 1. The van der Waals surface area contributed by atoms with Crippen LogP contribution in [0.3, 0.4) is 0 Å². The van der Waals surface area contributed by atoms with E-state index >= 15 is 0 Å². The van der Waals surface area contributed by atoms with Gasteiger partial charge in [0, 0.05) is 5.56 Å². The maximum Gasteiger partial charge on any atom is 0.295 e. The van der Waals surface area contributed by atoms with E-state index in [9.17, 15) is 14.7 Å². The first-order chi connectivity index (χ1) is 14.3. The zero-order chi connectivity index (χ0) is 21.8. The number of aliphatic hydroxyl groups is 1. The highest BCUT2D eigenvalue weighted by atomic mass is 16.5. The third-order valence-corrected chi connectivity index (χ3v) is 5.26. The molecule has 1 heterocycles. The Morgan fingerprint density at radius 1 is 1.13 bits per heavy atom. The molecule has 0 saturated carbocycles. The summed E-state index contributed by atoms with van der Waals surface area (Å²) in [6.07, 6.45) is 0. The lowest BCUT2D eigenvalue weighted by atomic mass is 9.95. The summed E-state index contributed by atoms with van der Waals surface area (Å²) >= 11 is 0. The average molecular weight is 410 g/mol. The Labute approximate surface area is 177 Å². The summed E-state index contributed by atoms with van der Waals surface area (Å²) in [5.41, 5.74) is 2.27. The molecular weight excluding hydrogens is 380 g/mol. The summed E-state index contributed by atoms with van der Waals surface area (Å²) in [4.78, 5) is 28.6. The second-order valence-corrected chi connectivity index (χ2v) is 7.77. The van der Waals surface area contributed by atoms with E-state index in [2.05, 4.69) is 0 Å². The number of carbonyl (C=O) groups is 2. The molecule has 2 aromatic rings. The lowest BCUT2D eigenvalue weighted by Crippen LogP contribution is -3.06. The van der Waals surface area contributed by atoms with E-state index in [1.54, 1.807) is 23.1 Å². The van der Waals surface area contributed by atoms with Crippen molar-refractivity contribution in [2.75, 3.05) is 33.8 Å². The van der Waals surface area contributed by atoms with E-state index in [4.69, 9.17) is 4.74 Å². The summed E-state index contributed by atoms with van der Waals surface area (Å²) < 4.78 is 5.57. The second-order valence-electron chi connectivity index (χ2n) is 7.77. The first-order valence-electron chi connectivity index (χ1n) is 10.2. The molecule has 0 radical (unpaired) electrons. The van der Waals surface area contributed by atoms with E-state index in [1.165, 1.54) is 4.90 Å². The number of amides is 1. The van der Waals surface area contributed by atoms with Gasteiger partial charge in [-0.2, -0.15) is 0 Å². The van der Waals surface area contributed by atoms with Gasteiger partial charge in [-0.1, -0.05) is 30.3 Å². The minimum Gasteiger partial charge on any atom is -0.507 e. The molecule has 2 N–H and O–H groups in total. The highest BCUT2D eigenvalue weighted by molar-refractivity contribution is 6.46. The Balaban J connectivity index is 2.10. The van der Waals surface area contributed by atoms with Crippen LogP contribution in [0.15, 0.2) is 54.1 Å². The van der Waals surface area contributed by atoms with Crippen molar-refractivity contribution in [2.45, 2.75) is 19.9 Å². The number of aliphatic hydroxyl groups excluding tert-OH is 1. The molecule has 1 unspecified atom stereocenters. The van der Waals surface area contributed by atoms with Crippen LogP contribution in [-0.2, 0) is 9.59 Å². The van der Waals surface area contributed by atoms with Crippen molar-refractivity contribution in [2.24, 2.45) is 0 Å². The minimum absolute atomic E-state index is 0.128. The van der Waals surface area contributed by atoms with Crippen molar-refractivity contribution in [3.05, 3.63) is 70.8 Å². The monoisotopic (exact) mass is 409 g/mol. The van der Waals surface area contributed by atoms with Gasteiger partial charge in [-0.3, -0.25) is 9.59 Å². The highest BCUT2D eigenvalue weighted by Crippen LogP contribution is 2.39. The van der Waals surface area contributed by atoms with Gasteiger partial charge in [0.05, 0.1) is 45.4 Å². The van der Waals surface area contributed by atoms with Crippen LogP contribution in [0.5, 0.6) is 5.75 Å². The molecule has 1 aliphatic heterocycles. The Morgan fingerprint density at radius 2 is 1.83 bits per heavy atom. The first-order valence-corrected chi connectivity index (χ1v) is 10.2. The number of ketones is 1. The van der Waals surface area contributed by atoms with E-state index in [-0.39, 0.29) is 11.3 Å². The number of hydrogen-bond donors (Lipinski definition) is 2. The fraction of sp³-hybridized carbons (Fsp3) is 0.333. The summed E-state index contributed by atoms with van der Waals surface area (Å²) in [6.45, 7) is 5.45. The smallest absolute Gasteiger partial charge is 0.295 e. The van der Waals surface area contributed by atoms with E-state index in [0.717, 1.165) is 16.9 Å². The van der Waals surface area contributed by atoms with Crippen LogP contribution in [-0.4, -0.2) is 55.5 Å². The molecule has 3 rings (SSSR count). The zero-order valence-electron chi connectivity index (χ0n) is 17.9. The van der Waals surface area contributed by atoms with Crippen molar-refractivity contribution in [3.63, 3.8) is 0 Å². The predicted octanol–water partition coefficient (Wildman–Crippen LogP) is 1.96. The molecule has 1 aliphatic rings. The van der Waals surface area contributed by atoms with Gasteiger partial charge >= 0.3 is 0 Å². The number of carbonyl (C=O) groups excluding carboxylic acids is 2. The van der Waals surface area contributed by atoms with Crippen LogP contribution >= 0.6 is 0 Å². The number of likely N-dealkylation sites (N-methyl/N-ethyl adjacent to an activating group) is 1. The molecule has 1 amide bonds. The third-order valence-electron chi connectivity index (χ3n) is 5.26. The number of ether oxygens (including phenoxy) is 1. The summed E-state index contributed by atoms with van der Waals surface area (Å²) in [5.74, 6) is -0.660. The van der Waals surface area contributed by atoms with Gasteiger partial charge in [0.1, 0.15) is 11.5 Å². The summed E-state index contributed by atoms with van der Waals surface area (Å²) in [7, 11) is 3.99. The quantitative estimate of drug-likeness (QED) is 0.417. The number of hydrogen-bond acceptors (Lipinski definition) is 4. The molecule has 30 heavy (non-hydrogen) atoms. The standard InChI is InChI=1S/C24H28N2O4/c1-5-30-19-12-11-18(15-16(19)2)22(27)20-21(17-9-7-6-8-10-17)26(14-13-25(3)4)24(29)23(20)28/h6-12,15,21,27H,5,13-14H2,1-4H3/p+1. The lowest BCUT2D eigenvalue weighted by molar-refractivity contribution is -0.857. The van der Waals surface area contributed by atoms with Gasteiger partial charge in [-0.05, 0) is 43.2 Å². The maximum absolute atomic E-state index is 13.0. The number of nitrogens with zero attached hydrogens (tertiary/aromatic N) is 1. The molecule has 2 aromatic carbocycles. The van der Waals surface area contributed by atoms with Gasteiger partial charge < -0.3 is 19.6 Å². The number of likely N-dealkylation sites (tertiary alicyclic amines) is 1. The van der Waals surface area contributed by atoms with Crippen molar-refractivity contribution in [1.82, 2.24) is 4.90 Å². The number of Topliss-reactive ketones (excluding diaryl/α,β-unsaturated/α-hetero) is 1. The Hall–Kier alpha value is -3.12. The number of nitrogens with one attached hydrogen (secondary N) is 1. The van der Waals surface area contributed by atoms with E-state index in [0.29, 0.717) is 25.3 Å². The number of aryl methyl sites for hydroxylation is 1. The fourth-order valence-corrected chi connectivity index (χ4v) is 3.71. The normalized spacial score (nSPS) is 18.3. The molecule has 6 heteroatoms. The van der Waals surface area contributed by atoms with Crippen molar-refractivity contribution >= 4 is 17.4 Å². The number of rotatable bonds is 7. The second kappa shape index (κ2) is 9.13. The van der Waals surface area contributed by atoms with Crippen LogP contribution in [0.1, 0.15) is 29.7 Å². The molecule has 6 nitrogen and oxygen atoms in total. The average Bonchev–Trinajstić information content (AvgIpc) is 2.98. The maximum atomic E-state index is 13.0. The largest absolute Gasteiger partial charge is 0.507 e. The molecule has 158 valence electrons. The molecule has 1 fully saturated rings. The van der Waals surface area contributed by atoms with Gasteiger partial charge in [0.15, 0.2) is 0 Å². The molecule has 0 bridgehead atoms. The highest BCUT2D eigenvalue weighted by Gasteiger charge is 2.46. The topological polar surface area (TPSA) is 71.3 Å². The van der Waals surface area contributed by atoms with Crippen LogP contribution in [0.4, 0.5) is 0 Å². The summed E-state index contributed by atoms with van der Waals surface area (Å²) in [6, 6.07) is 14.0. The van der Waals surface area contributed by atoms with E-state index in [1.807, 2.05) is 58.3 Å². The van der Waals surface area contributed by atoms with Gasteiger partial charge in [-0.15, -0.1) is 0 Å². The Kier molecular flexibility index (Phi) is 6.57. The molecule has 1 atom stereocenters. The first kappa shape index (κ1) is 21.6. The fourth-order valence-electron chi connectivity index (χ4n) is 3.71. The number of benzene rings is 2. The van der Waals surface area contributed by atoms with Gasteiger partial charge in [0.25, 0.3) is 11.7 Å². The van der Waals surface area contributed by atoms with Crippen LogP contribution in [0.25, 0.3) is 5.76 Å². The SMILES string of the molecule is CCOc1ccc(C(O)=C2C(=O)C(=O)N(CC[NH+](C)C)C2c2ccccc2)cc1C. The Morgan fingerprint density at radius 3 is 2.43 bits per heavy atom. The molecular formula is C24H29N2O4+. The van der Waals surface area contributed by atoms with E-state index < -0.39 is 17.7 Å². The van der Waals surface area contributed by atoms with Crippen molar-refractivity contribution in [1.29, 1.82) is 0 Å². The minimum atomic E-state index is -0.651. The van der Waals surface area contributed by atoms with Crippen molar-refractivity contribution in [3.8, 4) is 5.75 Å². The molecule has 0 aromatic heterocycles. The van der Waals surface area contributed by atoms with Crippen LogP contribution in [0, 0.1) is 6.92 Å². The van der Waals surface area contributed by atoms with Gasteiger partial charge in [-0.25, -0.2) is 0 Å². The Bertz CT molecular complexity index is 966. The molecule has 0 aliphatic carbocycles. The summed E-state index contributed by atoms with van der Waals surface area (Å²) in [5, 5.41) is 11.1. The molecule has 1 saturated heterocycles. The van der Waals surface area contributed by atoms with Crippen LogP contribution < -0.4 is 9.64 Å². The van der Waals surface area contributed by atoms with Crippen LogP contribution in [0.2, 0.25) is 0 Å². The molecule has 0 spiro atoms. The van der Waals surface area contributed by atoms with Gasteiger partial charge in [0.2, 0.25) is 0 Å². The lowest BCUT2D eigenvalue weighted by Gasteiger charge is -2.25. The van der Waals surface area contributed by atoms with Crippen molar-refractivity contribution < 1.29 is 24.3 Å².